The maximum atomic E-state index is 13.5. The van der Waals surface area contributed by atoms with Gasteiger partial charge in [-0.2, -0.15) is 0 Å². The molecule has 2 aromatic carbocycles. The van der Waals surface area contributed by atoms with Gasteiger partial charge in [-0.25, -0.2) is 0 Å². The predicted octanol–water partition coefficient (Wildman–Crippen LogP) is 3.11. The van der Waals surface area contributed by atoms with Crippen molar-refractivity contribution in [2.75, 3.05) is 31.5 Å². The first-order valence-electron chi connectivity index (χ1n) is 11.4. The molecule has 168 valence electrons. The van der Waals surface area contributed by atoms with Gasteiger partial charge < -0.3 is 15.1 Å². The molecule has 1 aliphatic carbocycles. The van der Waals surface area contributed by atoms with Crippen LogP contribution in [-0.2, 0) is 16.0 Å². The Kier molecular flexibility index (Phi) is 5.77. The summed E-state index contributed by atoms with van der Waals surface area (Å²) in [5, 5.41) is 4.91. The van der Waals surface area contributed by atoms with Crippen molar-refractivity contribution in [3.63, 3.8) is 0 Å². The number of carbonyl (C=O) groups is 3. The lowest BCUT2D eigenvalue weighted by molar-refractivity contribution is -0.132. The molecule has 5 rings (SSSR count). The van der Waals surface area contributed by atoms with Crippen LogP contribution in [0.4, 0.5) is 5.69 Å². The Bertz CT molecular complexity index is 1200. The summed E-state index contributed by atoms with van der Waals surface area (Å²) in [7, 11) is 0. The Morgan fingerprint density at radius 3 is 2.21 bits per heavy atom. The molecule has 2 heterocycles. The number of hydrogen-bond acceptors (Lipinski definition) is 4. The molecule has 0 bridgehead atoms. The van der Waals surface area contributed by atoms with Crippen molar-refractivity contribution in [2.45, 2.75) is 19.3 Å². The minimum absolute atomic E-state index is 0.0175. The van der Waals surface area contributed by atoms with E-state index in [0.717, 1.165) is 29.3 Å². The van der Waals surface area contributed by atoms with E-state index in [9.17, 15) is 14.4 Å². The average Bonchev–Trinajstić information content (AvgIpc) is 3.70. The van der Waals surface area contributed by atoms with Crippen LogP contribution in [0, 0.1) is 5.92 Å². The number of pyridine rings is 1. The van der Waals surface area contributed by atoms with Crippen molar-refractivity contribution in [2.24, 2.45) is 5.92 Å². The van der Waals surface area contributed by atoms with Gasteiger partial charge in [0.15, 0.2) is 0 Å². The number of fused-ring (bicyclic) bond motifs is 1. The highest BCUT2D eigenvalue weighted by atomic mass is 16.2. The third kappa shape index (κ3) is 4.72. The molecule has 0 spiro atoms. The maximum absolute atomic E-state index is 13.5. The molecule has 1 aromatic heterocycles. The van der Waals surface area contributed by atoms with Crippen LogP contribution < -0.4 is 5.32 Å². The van der Waals surface area contributed by atoms with Gasteiger partial charge in [0.25, 0.3) is 5.91 Å². The molecule has 0 atom stereocenters. The van der Waals surface area contributed by atoms with Crippen LogP contribution in [0.15, 0.2) is 60.8 Å². The molecule has 7 heteroatoms. The molecule has 1 N–H and O–H groups in total. The van der Waals surface area contributed by atoms with Crippen LogP contribution in [0.1, 0.15) is 28.9 Å². The first-order chi connectivity index (χ1) is 16.1. The maximum Gasteiger partial charge on any atom is 0.256 e. The van der Waals surface area contributed by atoms with Gasteiger partial charge in [-0.1, -0.05) is 30.3 Å². The highest BCUT2D eigenvalue weighted by Crippen LogP contribution is 2.32. The fraction of sp³-hybridized carbons (Fsp3) is 0.308. The van der Waals surface area contributed by atoms with Gasteiger partial charge in [0, 0.05) is 44.0 Å². The van der Waals surface area contributed by atoms with Crippen LogP contribution in [0.3, 0.4) is 0 Å². The predicted molar refractivity (Wildman–Crippen MR) is 126 cm³/mol. The summed E-state index contributed by atoms with van der Waals surface area (Å²) in [6.07, 6.45) is 3.74. The average molecular weight is 443 g/mol. The Morgan fingerprint density at radius 1 is 0.879 bits per heavy atom. The van der Waals surface area contributed by atoms with Gasteiger partial charge in [-0.05, 0) is 47.9 Å². The molecule has 33 heavy (non-hydrogen) atoms. The van der Waals surface area contributed by atoms with Crippen LogP contribution in [0.25, 0.3) is 10.8 Å². The van der Waals surface area contributed by atoms with Gasteiger partial charge in [0.2, 0.25) is 11.8 Å². The van der Waals surface area contributed by atoms with E-state index in [4.69, 9.17) is 0 Å². The van der Waals surface area contributed by atoms with Crippen molar-refractivity contribution in [3.8, 4) is 0 Å². The summed E-state index contributed by atoms with van der Waals surface area (Å²) in [5.41, 5.74) is 1.80. The second-order valence-corrected chi connectivity index (χ2v) is 8.68. The SMILES string of the molecule is O=C(Nc1cc2ccccc2cc1C(=O)N1CCN(C(=O)Cc2ccccn2)CC1)C1CC1. The fourth-order valence-corrected chi connectivity index (χ4v) is 4.20. The lowest BCUT2D eigenvalue weighted by Gasteiger charge is -2.35. The standard InChI is InChI=1S/C26H26N4O3/c31-24(17-21-7-3-4-10-27-21)29-11-13-30(14-12-29)26(33)22-15-19-5-1-2-6-20(19)16-23(22)28-25(32)18-8-9-18/h1-7,10,15-16,18H,8-9,11-14,17H2,(H,28,32). The zero-order valence-corrected chi connectivity index (χ0v) is 18.4. The first-order valence-corrected chi connectivity index (χ1v) is 11.4. The van der Waals surface area contributed by atoms with E-state index in [1.54, 1.807) is 16.0 Å². The van der Waals surface area contributed by atoms with Crippen LogP contribution in [0.2, 0.25) is 0 Å². The Morgan fingerprint density at radius 2 is 1.55 bits per heavy atom. The highest BCUT2D eigenvalue weighted by Gasteiger charge is 2.31. The topological polar surface area (TPSA) is 82.6 Å². The van der Waals surface area contributed by atoms with Crippen molar-refractivity contribution in [1.82, 2.24) is 14.8 Å². The number of anilines is 1. The second-order valence-electron chi connectivity index (χ2n) is 8.68. The Hall–Kier alpha value is -3.74. The number of piperazine rings is 1. The van der Waals surface area contributed by atoms with Gasteiger partial charge in [0.1, 0.15) is 0 Å². The number of rotatable bonds is 5. The van der Waals surface area contributed by atoms with Crippen LogP contribution >= 0.6 is 0 Å². The third-order valence-electron chi connectivity index (χ3n) is 6.30. The largest absolute Gasteiger partial charge is 0.339 e. The normalized spacial score (nSPS) is 16.0. The molecule has 2 fully saturated rings. The fourth-order valence-electron chi connectivity index (χ4n) is 4.20. The van der Waals surface area contributed by atoms with Crippen molar-refractivity contribution in [1.29, 1.82) is 0 Å². The molecule has 1 aliphatic heterocycles. The van der Waals surface area contributed by atoms with Crippen molar-refractivity contribution < 1.29 is 14.4 Å². The monoisotopic (exact) mass is 442 g/mol. The number of amides is 3. The summed E-state index contributed by atoms with van der Waals surface area (Å²) in [4.78, 5) is 46.3. The molecular formula is C26H26N4O3. The van der Waals surface area contributed by atoms with E-state index in [1.165, 1.54) is 0 Å². The smallest absolute Gasteiger partial charge is 0.256 e. The number of nitrogens with one attached hydrogen (secondary N) is 1. The van der Waals surface area contributed by atoms with Crippen LogP contribution in [-0.4, -0.2) is 58.7 Å². The molecule has 2 aliphatic rings. The number of hydrogen-bond donors (Lipinski definition) is 1. The molecular weight excluding hydrogens is 416 g/mol. The molecule has 0 radical (unpaired) electrons. The van der Waals surface area contributed by atoms with E-state index in [-0.39, 0.29) is 30.1 Å². The van der Waals surface area contributed by atoms with Gasteiger partial charge in [0.05, 0.1) is 17.7 Å². The van der Waals surface area contributed by atoms with E-state index < -0.39 is 0 Å². The number of benzene rings is 2. The molecule has 0 unspecified atom stereocenters. The number of aromatic nitrogens is 1. The van der Waals surface area contributed by atoms with Crippen LogP contribution in [0.5, 0.6) is 0 Å². The summed E-state index contributed by atoms with van der Waals surface area (Å²) in [5.74, 6) is -0.0788. The summed E-state index contributed by atoms with van der Waals surface area (Å²) >= 11 is 0. The van der Waals surface area contributed by atoms with Gasteiger partial charge >= 0.3 is 0 Å². The quantitative estimate of drug-likeness (QED) is 0.658. The molecule has 1 saturated heterocycles. The minimum atomic E-state index is -0.122. The number of nitrogens with zero attached hydrogens (tertiary/aromatic N) is 3. The highest BCUT2D eigenvalue weighted by molar-refractivity contribution is 6.08. The Labute approximate surface area is 192 Å². The molecule has 3 aromatic rings. The molecule has 7 nitrogen and oxygen atoms in total. The van der Waals surface area contributed by atoms with Gasteiger partial charge in [-0.15, -0.1) is 0 Å². The summed E-state index contributed by atoms with van der Waals surface area (Å²) < 4.78 is 0. The lowest BCUT2D eigenvalue weighted by atomic mass is 10.0. The van der Waals surface area contributed by atoms with E-state index in [2.05, 4.69) is 10.3 Å². The van der Waals surface area contributed by atoms with E-state index in [0.29, 0.717) is 37.4 Å². The summed E-state index contributed by atoms with van der Waals surface area (Å²) in [6.45, 7) is 1.87. The lowest BCUT2D eigenvalue weighted by Crippen LogP contribution is -2.51. The first kappa shape index (κ1) is 21.1. The zero-order chi connectivity index (χ0) is 22.8. The number of carbonyl (C=O) groups excluding carboxylic acids is 3. The Balaban J connectivity index is 1.30. The van der Waals surface area contributed by atoms with Gasteiger partial charge in [-0.3, -0.25) is 19.4 Å². The van der Waals surface area contributed by atoms with Crippen molar-refractivity contribution in [3.05, 3.63) is 72.1 Å². The molecule has 3 amide bonds. The third-order valence-corrected chi connectivity index (χ3v) is 6.30. The second kappa shape index (κ2) is 9.02. The zero-order valence-electron chi connectivity index (χ0n) is 18.4. The minimum Gasteiger partial charge on any atom is -0.339 e. The molecule has 1 saturated carbocycles. The summed E-state index contributed by atoms with van der Waals surface area (Å²) in [6, 6.07) is 17.1. The van der Waals surface area contributed by atoms with Crippen molar-refractivity contribution >= 4 is 34.2 Å². The van der Waals surface area contributed by atoms with E-state index >= 15 is 0 Å². The van der Waals surface area contributed by atoms with E-state index in [1.807, 2.05) is 54.6 Å².